The van der Waals surface area contributed by atoms with Gasteiger partial charge in [0.25, 0.3) is 0 Å². The van der Waals surface area contributed by atoms with Gasteiger partial charge in [-0.15, -0.1) is 0 Å². The van der Waals surface area contributed by atoms with Crippen molar-refractivity contribution in [2.45, 2.75) is 44.9 Å². The smallest absolute Gasteiger partial charge is 0.207 e. The van der Waals surface area contributed by atoms with Crippen LogP contribution in [0.15, 0.2) is 29.2 Å². The molecule has 0 aliphatic carbocycles. The molecule has 2 rings (SSSR count). The molecule has 1 aromatic rings. The summed E-state index contributed by atoms with van der Waals surface area (Å²) in [6, 6.07) is 7.40. The SMILES string of the molecule is CC(C)Cc1ccc(S(=O)(=O)N2CCCC(C)C2)cc1. The molecular weight excluding hydrogens is 270 g/mol. The van der Waals surface area contributed by atoms with E-state index in [1.807, 2.05) is 12.1 Å². The average Bonchev–Trinajstić information content (AvgIpc) is 2.38. The Bertz CT molecular complexity index is 534. The zero-order valence-corrected chi connectivity index (χ0v) is 13.5. The summed E-state index contributed by atoms with van der Waals surface area (Å²) >= 11 is 0. The van der Waals surface area contributed by atoms with Crippen LogP contribution in [-0.4, -0.2) is 25.8 Å². The molecule has 0 amide bonds. The number of nitrogens with zero attached hydrogens (tertiary/aromatic N) is 1. The zero-order chi connectivity index (χ0) is 14.8. The summed E-state index contributed by atoms with van der Waals surface area (Å²) in [5, 5.41) is 0. The molecule has 1 unspecified atom stereocenters. The molecular formula is C16H25NO2S. The fourth-order valence-electron chi connectivity index (χ4n) is 2.78. The topological polar surface area (TPSA) is 37.4 Å². The van der Waals surface area contributed by atoms with Gasteiger partial charge in [-0.3, -0.25) is 0 Å². The van der Waals surface area contributed by atoms with Gasteiger partial charge in [-0.05, 0) is 48.8 Å². The van der Waals surface area contributed by atoms with Gasteiger partial charge in [0.2, 0.25) is 10.0 Å². The second-order valence-corrected chi connectivity index (χ2v) is 8.29. The number of benzene rings is 1. The van der Waals surface area contributed by atoms with Crippen LogP contribution >= 0.6 is 0 Å². The fraction of sp³-hybridized carbons (Fsp3) is 0.625. The molecule has 1 aromatic carbocycles. The first-order valence-electron chi connectivity index (χ1n) is 7.48. The number of hydrogen-bond donors (Lipinski definition) is 0. The van der Waals surface area contributed by atoms with Crippen LogP contribution in [-0.2, 0) is 16.4 Å². The lowest BCUT2D eigenvalue weighted by Crippen LogP contribution is -2.39. The maximum Gasteiger partial charge on any atom is 0.243 e. The lowest BCUT2D eigenvalue weighted by Gasteiger charge is -2.30. The summed E-state index contributed by atoms with van der Waals surface area (Å²) in [5.74, 6) is 1.04. The average molecular weight is 295 g/mol. The predicted octanol–water partition coefficient (Wildman–Crippen LogP) is 3.31. The minimum atomic E-state index is -3.31. The first-order chi connectivity index (χ1) is 9.39. The van der Waals surface area contributed by atoms with Crippen LogP contribution in [0, 0.1) is 11.8 Å². The van der Waals surface area contributed by atoms with Crippen molar-refractivity contribution in [3.8, 4) is 0 Å². The largest absolute Gasteiger partial charge is 0.243 e. The summed E-state index contributed by atoms with van der Waals surface area (Å²) in [4.78, 5) is 0.430. The van der Waals surface area contributed by atoms with E-state index >= 15 is 0 Å². The van der Waals surface area contributed by atoms with Gasteiger partial charge in [-0.1, -0.05) is 32.9 Å². The van der Waals surface area contributed by atoms with Crippen LogP contribution in [0.25, 0.3) is 0 Å². The van der Waals surface area contributed by atoms with Gasteiger partial charge < -0.3 is 0 Å². The molecule has 3 nitrogen and oxygen atoms in total. The Morgan fingerprint density at radius 3 is 2.45 bits per heavy atom. The molecule has 0 radical (unpaired) electrons. The van der Waals surface area contributed by atoms with E-state index in [-0.39, 0.29) is 0 Å². The third-order valence-corrected chi connectivity index (χ3v) is 5.70. The Morgan fingerprint density at radius 2 is 1.90 bits per heavy atom. The van der Waals surface area contributed by atoms with Crippen molar-refractivity contribution in [2.24, 2.45) is 11.8 Å². The van der Waals surface area contributed by atoms with Gasteiger partial charge in [0.05, 0.1) is 4.90 Å². The van der Waals surface area contributed by atoms with E-state index in [4.69, 9.17) is 0 Å². The van der Waals surface area contributed by atoms with Crippen LogP contribution in [0.5, 0.6) is 0 Å². The van der Waals surface area contributed by atoms with Crippen LogP contribution in [0.2, 0.25) is 0 Å². The molecule has 1 aliphatic heterocycles. The molecule has 0 saturated carbocycles. The van der Waals surface area contributed by atoms with Gasteiger partial charge in [0.15, 0.2) is 0 Å². The summed E-state index contributed by atoms with van der Waals surface area (Å²) in [5.41, 5.74) is 1.20. The van der Waals surface area contributed by atoms with Crippen molar-refractivity contribution >= 4 is 10.0 Å². The maximum atomic E-state index is 12.6. The molecule has 0 aromatic heterocycles. The van der Waals surface area contributed by atoms with Crippen molar-refractivity contribution in [1.82, 2.24) is 4.31 Å². The number of sulfonamides is 1. The molecule has 1 atom stereocenters. The lowest BCUT2D eigenvalue weighted by molar-refractivity contribution is 0.281. The Morgan fingerprint density at radius 1 is 1.25 bits per heavy atom. The van der Waals surface area contributed by atoms with Gasteiger partial charge in [-0.2, -0.15) is 4.31 Å². The Labute approximate surface area is 123 Å². The van der Waals surface area contributed by atoms with Crippen molar-refractivity contribution in [3.05, 3.63) is 29.8 Å². The van der Waals surface area contributed by atoms with Gasteiger partial charge >= 0.3 is 0 Å². The highest BCUT2D eigenvalue weighted by molar-refractivity contribution is 7.89. The van der Waals surface area contributed by atoms with E-state index < -0.39 is 10.0 Å². The Kier molecular flexibility index (Phi) is 4.86. The predicted molar refractivity (Wildman–Crippen MR) is 82.1 cm³/mol. The Balaban J connectivity index is 2.17. The van der Waals surface area contributed by atoms with Crippen LogP contribution in [0.4, 0.5) is 0 Å². The van der Waals surface area contributed by atoms with E-state index in [1.165, 1.54) is 5.56 Å². The minimum absolute atomic E-state index is 0.430. The van der Waals surface area contributed by atoms with Gasteiger partial charge in [0.1, 0.15) is 0 Å². The van der Waals surface area contributed by atoms with Crippen molar-refractivity contribution in [1.29, 1.82) is 0 Å². The fourth-order valence-corrected chi connectivity index (χ4v) is 4.38. The molecule has 0 N–H and O–H groups in total. The number of hydrogen-bond acceptors (Lipinski definition) is 2. The molecule has 1 fully saturated rings. The molecule has 0 bridgehead atoms. The lowest BCUT2D eigenvalue weighted by atomic mass is 10.0. The summed E-state index contributed by atoms with van der Waals surface area (Å²) in [7, 11) is -3.31. The zero-order valence-electron chi connectivity index (χ0n) is 12.7. The van der Waals surface area contributed by atoms with E-state index in [0.29, 0.717) is 29.8 Å². The highest BCUT2D eigenvalue weighted by atomic mass is 32.2. The monoisotopic (exact) mass is 295 g/mol. The second-order valence-electron chi connectivity index (χ2n) is 6.35. The van der Waals surface area contributed by atoms with E-state index in [9.17, 15) is 8.42 Å². The molecule has 1 saturated heterocycles. The first-order valence-corrected chi connectivity index (χ1v) is 8.92. The van der Waals surface area contributed by atoms with Crippen molar-refractivity contribution in [2.75, 3.05) is 13.1 Å². The molecule has 4 heteroatoms. The third-order valence-electron chi connectivity index (χ3n) is 3.82. The quantitative estimate of drug-likeness (QED) is 0.854. The maximum absolute atomic E-state index is 12.6. The van der Waals surface area contributed by atoms with Crippen LogP contribution in [0.3, 0.4) is 0 Å². The van der Waals surface area contributed by atoms with Crippen molar-refractivity contribution < 1.29 is 8.42 Å². The minimum Gasteiger partial charge on any atom is -0.207 e. The van der Waals surface area contributed by atoms with Gasteiger partial charge in [0, 0.05) is 13.1 Å². The van der Waals surface area contributed by atoms with E-state index in [0.717, 1.165) is 19.3 Å². The molecule has 1 heterocycles. The number of rotatable bonds is 4. The normalized spacial score (nSPS) is 21.3. The summed E-state index contributed by atoms with van der Waals surface area (Å²) in [6.07, 6.45) is 3.08. The summed E-state index contributed by atoms with van der Waals surface area (Å²) in [6.45, 7) is 7.75. The molecule has 0 spiro atoms. The van der Waals surface area contributed by atoms with Crippen LogP contribution < -0.4 is 0 Å². The van der Waals surface area contributed by atoms with Crippen molar-refractivity contribution in [3.63, 3.8) is 0 Å². The Hall–Kier alpha value is -0.870. The molecule has 1 aliphatic rings. The standard InChI is InChI=1S/C16H25NO2S/c1-13(2)11-15-6-8-16(9-7-15)20(18,19)17-10-4-5-14(3)12-17/h6-9,13-14H,4-5,10-12H2,1-3H3. The highest BCUT2D eigenvalue weighted by Gasteiger charge is 2.28. The molecule has 112 valence electrons. The van der Waals surface area contributed by atoms with Gasteiger partial charge in [-0.25, -0.2) is 8.42 Å². The second kappa shape index (κ2) is 6.27. The van der Waals surface area contributed by atoms with E-state index in [1.54, 1.807) is 16.4 Å². The molecule has 20 heavy (non-hydrogen) atoms. The third kappa shape index (κ3) is 3.61. The van der Waals surface area contributed by atoms with Crippen LogP contribution in [0.1, 0.15) is 39.2 Å². The highest BCUT2D eigenvalue weighted by Crippen LogP contribution is 2.23. The first kappa shape index (κ1) is 15.5. The summed E-state index contributed by atoms with van der Waals surface area (Å²) < 4.78 is 26.8. The van der Waals surface area contributed by atoms with E-state index in [2.05, 4.69) is 20.8 Å². The number of piperidine rings is 1.